The summed E-state index contributed by atoms with van der Waals surface area (Å²) < 4.78 is 0. The Morgan fingerprint density at radius 2 is 2.00 bits per heavy atom. The third kappa shape index (κ3) is 2.55. The van der Waals surface area contributed by atoms with Crippen LogP contribution in [0.1, 0.15) is 23.0 Å². The molecule has 1 atom stereocenters. The summed E-state index contributed by atoms with van der Waals surface area (Å²) in [5.41, 5.74) is 10.0. The number of aromatic nitrogens is 2. The Balaban J connectivity index is 1.87. The van der Waals surface area contributed by atoms with E-state index in [0.717, 1.165) is 22.2 Å². The molecule has 0 aliphatic rings. The number of hydrogen-bond donors (Lipinski definition) is 4. The van der Waals surface area contributed by atoms with Crippen molar-refractivity contribution in [2.24, 2.45) is 5.73 Å². The molecule has 3 aromatic rings. The van der Waals surface area contributed by atoms with Crippen molar-refractivity contribution in [3.8, 4) is 11.5 Å². The second-order valence-corrected chi connectivity index (χ2v) is 5.23. The lowest BCUT2D eigenvalue weighted by molar-refractivity contribution is 0.403. The van der Waals surface area contributed by atoms with Gasteiger partial charge in [-0.15, -0.1) is 0 Å². The standard InChI is InChI=1S/C16H17N3O2/c1-9-3-2-4-12-15(9)19-16(18-12)11(17)7-10-5-6-13(20)14(21)8-10/h2-6,8,11,20-21H,7,17H2,1H3,(H,18,19). The van der Waals surface area contributed by atoms with Crippen molar-refractivity contribution in [3.63, 3.8) is 0 Å². The lowest BCUT2D eigenvalue weighted by Crippen LogP contribution is -2.14. The average Bonchev–Trinajstić information content (AvgIpc) is 2.89. The summed E-state index contributed by atoms with van der Waals surface area (Å²) in [6, 6.07) is 10.4. The normalized spacial score (nSPS) is 12.7. The van der Waals surface area contributed by atoms with E-state index < -0.39 is 0 Å². The SMILES string of the molecule is Cc1cccc2[nH]c(C(N)Cc3ccc(O)c(O)c3)nc12. The van der Waals surface area contributed by atoms with Gasteiger partial charge < -0.3 is 20.9 Å². The molecule has 0 aliphatic heterocycles. The summed E-state index contributed by atoms with van der Waals surface area (Å²) >= 11 is 0. The molecule has 0 radical (unpaired) electrons. The summed E-state index contributed by atoms with van der Waals surface area (Å²) in [6.45, 7) is 2.01. The highest BCUT2D eigenvalue weighted by Gasteiger charge is 2.13. The lowest BCUT2D eigenvalue weighted by atomic mass is 10.1. The molecule has 21 heavy (non-hydrogen) atoms. The van der Waals surface area contributed by atoms with Gasteiger partial charge in [0.05, 0.1) is 17.1 Å². The first-order valence-corrected chi connectivity index (χ1v) is 6.76. The number of imidazole rings is 1. The summed E-state index contributed by atoms with van der Waals surface area (Å²) in [5.74, 6) is 0.443. The molecule has 5 nitrogen and oxygen atoms in total. The molecule has 1 aromatic heterocycles. The first-order chi connectivity index (χ1) is 10.0. The Morgan fingerprint density at radius 3 is 2.71 bits per heavy atom. The number of fused-ring (bicyclic) bond motifs is 1. The van der Waals surface area contributed by atoms with Gasteiger partial charge in [0.2, 0.25) is 0 Å². The van der Waals surface area contributed by atoms with E-state index in [9.17, 15) is 10.2 Å². The van der Waals surface area contributed by atoms with Crippen LogP contribution in [-0.4, -0.2) is 20.2 Å². The Labute approximate surface area is 122 Å². The highest BCUT2D eigenvalue weighted by Crippen LogP contribution is 2.27. The zero-order valence-corrected chi connectivity index (χ0v) is 11.7. The number of phenolic OH excluding ortho intramolecular Hbond substituents is 2. The van der Waals surface area contributed by atoms with Gasteiger partial charge in [0.1, 0.15) is 5.82 Å². The van der Waals surface area contributed by atoms with E-state index in [0.29, 0.717) is 12.2 Å². The fourth-order valence-electron chi connectivity index (χ4n) is 2.42. The Morgan fingerprint density at radius 1 is 1.19 bits per heavy atom. The van der Waals surface area contributed by atoms with Crippen molar-refractivity contribution in [2.45, 2.75) is 19.4 Å². The van der Waals surface area contributed by atoms with E-state index >= 15 is 0 Å². The summed E-state index contributed by atoms with van der Waals surface area (Å²) in [5, 5.41) is 18.8. The van der Waals surface area contributed by atoms with Crippen LogP contribution in [0.15, 0.2) is 36.4 Å². The number of aryl methyl sites for hydroxylation is 1. The number of nitrogens with two attached hydrogens (primary N) is 1. The fraction of sp³-hybridized carbons (Fsp3) is 0.188. The largest absolute Gasteiger partial charge is 0.504 e. The first kappa shape index (κ1) is 13.5. The molecule has 2 aromatic carbocycles. The zero-order chi connectivity index (χ0) is 15.0. The van der Waals surface area contributed by atoms with Crippen LogP contribution in [0.4, 0.5) is 0 Å². The van der Waals surface area contributed by atoms with Gasteiger partial charge in [0.25, 0.3) is 0 Å². The molecule has 0 fully saturated rings. The molecule has 1 unspecified atom stereocenters. The van der Waals surface area contributed by atoms with E-state index in [1.165, 1.54) is 12.1 Å². The maximum Gasteiger partial charge on any atom is 0.157 e. The number of hydrogen-bond acceptors (Lipinski definition) is 4. The number of aromatic amines is 1. The van der Waals surface area contributed by atoms with E-state index in [1.54, 1.807) is 6.07 Å². The average molecular weight is 283 g/mol. The molecular weight excluding hydrogens is 266 g/mol. The lowest BCUT2D eigenvalue weighted by Gasteiger charge is -2.09. The summed E-state index contributed by atoms with van der Waals surface area (Å²) in [6.07, 6.45) is 0.521. The van der Waals surface area contributed by atoms with Gasteiger partial charge in [-0.2, -0.15) is 0 Å². The summed E-state index contributed by atoms with van der Waals surface area (Å²) in [4.78, 5) is 7.79. The minimum atomic E-state index is -0.305. The number of aromatic hydroxyl groups is 2. The minimum absolute atomic E-state index is 0.133. The number of rotatable bonds is 3. The van der Waals surface area contributed by atoms with Gasteiger partial charge >= 0.3 is 0 Å². The van der Waals surface area contributed by atoms with Crippen LogP contribution in [0.2, 0.25) is 0 Å². The van der Waals surface area contributed by atoms with Crippen molar-refractivity contribution < 1.29 is 10.2 Å². The summed E-state index contributed by atoms with van der Waals surface area (Å²) in [7, 11) is 0. The van der Waals surface area contributed by atoms with Crippen LogP contribution in [0, 0.1) is 6.92 Å². The molecule has 0 spiro atoms. The van der Waals surface area contributed by atoms with Crippen LogP contribution in [-0.2, 0) is 6.42 Å². The van der Waals surface area contributed by atoms with Gasteiger partial charge in [-0.3, -0.25) is 0 Å². The molecule has 3 rings (SSSR count). The van der Waals surface area contributed by atoms with Gasteiger partial charge in [0, 0.05) is 0 Å². The van der Waals surface area contributed by atoms with Gasteiger partial charge in [-0.1, -0.05) is 18.2 Å². The van der Waals surface area contributed by atoms with E-state index in [-0.39, 0.29) is 17.5 Å². The maximum atomic E-state index is 9.52. The van der Waals surface area contributed by atoms with Crippen molar-refractivity contribution in [2.75, 3.05) is 0 Å². The molecule has 5 heteroatoms. The second kappa shape index (κ2) is 5.10. The third-order valence-electron chi connectivity index (χ3n) is 3.58. The molecule has 0 aliphatic carbocycles. The fourth-order valence-corrected chi connectivity index (χ4v) is 2.42. The molecule has 0 amide bonds. The highest BCUT2D eigenvalue weighted by atomic mass is 16.3. The number of nitrogens with one attached hydrogen (secondary N) is 1. The van der Waals surface area contributed by atoms with Crippen LogP contribution >= 0.6 is 0 Å². The maximum absolute atomic E-state index is 9.52. The minimum Gasteiger partial charge on any atom is -0.504 e. The number of nitrogens with zero attached hydrogens (tertiary/aromatic N) is 1. The van der Waals surface area contributed by atoms with Crippen LogP contribution in [0.25, 0.3) is 11.0 Å². The quantitative estimate of drug-likeness (QED) is 0.555. The first-order valence-electron chi connectivity index (χ1n) is 6.76. The van der Waals surface area contributed by atoms with E-state index in [1.807, 2.05) is 25.1 Å². The smallest absolute Gasteiger partial charge is 0.157 e. The topological polar surface area (TPSA) is 95.2 Å². The molecule has 1 heterocycles. The predicted molar refractivity (Wildman–Crippen MR) is 81.2 cm³/mol. The number of benzene rings is 2. The monoisotopic (exact) mass is 283 g/mol. The molecule has 0 saturated heterocycles. The van der Waals surface area contributed by atoms with E-state index in [4.69, 9.17) is 5.73 Å². The molecule has 5 N–H and O–H groups in total. The van der Waals surface area contributed by atoms with Gasteiger partial charge in [-0.25, -0.2) is 4.98 Å². The Bertz CT molecular complexity index is 795. The predicted octanol–water partition coefficient (Wildman–Crippen LogP) is 2.53. The highest BCUT2D eigenvalue weighted by molar-refractivity contribution is 5.78. The number of para-hydroxylation sites is 1. The van der Waals surface area contributed by atoms with Crippen molar-refractivity contribution in [1.29, 1.82) is 0 Å². The molecular formula is C16H17N3O2. The van der Waals surface area contributed by atoms with E-state index in [2.05, 4.69) is 9.97 Å². The van der Waals surface area contributed by atoms with Gasteiger partial charge in [0.15, 0.2) is 11.5 Å². The van der Waals surface area contributed by atoms with Crippen LogP contribution in [0.3, 0.4) is 0 Å². The number of H-pyrrole nitrogens is 1. The Hall–Kier alpha value is -2.53. The Kier molecular flexibility index (Phi) is 3.27. The van der Waals surface area contributed by atoms with Crippen LogP contribution in [0.5, 0.6) is 11.5 Å². The van der Waals surface area contributed by atoms with Crippen molar-refractivity contribution >= 4 is 11.0 Å². The molecule has 0 bridgehead atoms. The van der Waals surface area contributed by atoms with Crippen LogP contribution < -0.4 is 5.73 Å². The van der Waals surface area contributed by atoms with Gasteiger partial charge in [-0.05, 0) is 42.7 Å². The third-order valence-corrected chi connectivity index (χ3v) is 3.58. The van der Waals surface area contributed by atoms with Crippen molar-refractivity contribution in [3.05, 3.63) is 53.3 Å². The second-order valence-electron chi connectivity index (χ2n) is 5.23. The van der Waals surface area contributed by atoms with Crippen molar-refractivity contribution in [1.82, 2.24) is 9.97 Å². The zero-order valence-electron chi connectivity index (χ0n) is 11.7. The molecule has 108 valence electrons. The number of phenols is 2. The molecule has 0 saturated carbocycles.